The number of fused-ring (bicyclic) bond motifs is 1. The average Bonchev–Trinajstić information content (AvgIpc) is 2.66. The highest BCUT2D eigenvalue weighted by atomic mass is 19.1. The van der Waals surface area contributed by atoms with Crippen LogP contribution in [0.15, 0.2) is 42.6 Å². The fraction of sp³-hybridized carbons (Fsp3) is 0.238. The molecule has 0 aliphatic rings. The fourth-order valence-electron chi connectivity index (χ4n) is 2.96. The molecule has 0 atom stereocenters. The Labute approximate surface area is 161 Å². The van der Waals surface area contributed by atoms with Crippen LogP contribution in [0.4, 0.5) is 8.78 Å². The van der Waals surface area contributed by atoms with Gasteiger partial charge in [0, 0.05) is 23.7 Å². The second-order valence-electron chi connectivity index (χ2n) is 6.80. The van der Waals surface area contributed by atoms with E-state index in [1.807, 2.05) is 19.0 Å². The number of amides is 1. The first-order valence-electron chi connectivity index (χ1n) is 8.87. The van der Waals surface area contributed by atoms with Crippen molar-refractivity contribution in [1.82, 2.24) is 15.2 Å². The Balaban J connectivity index is 1.87. The maximum absolute atomic E-state index is 14.7. The molecule has 3 aromatic rings. The Morgan fingerprint density at radius 1 is 1.18 bits per heavy atom. The minimum Gasteiger partial charge on any atom is -0.506 e. The van der Waals surface area contributed by atoms with Crippen molar-refractivity contribution in [3.8, 4) is 16.9 Å². The first kappa shape index (κ1) is 19.7. The number of nitrogens with zero attached hydrogens (tertiary/aromatic N) is 2. The SMILES string of the molecule is CN(C)CCCNC(=O)c1cc(F)c(-c2cc(O)c3ncccc3c2)cc1F. The van der Waals surface area contributed by atoms with E-state index in [2.05, 4.69) is 10.3 Å². The van der Waals surface area contributed by atoms with E-state index >= 15 is 0 Å². The molecule has 0 aliphatic carbocycles. The van der Waals surface area contributed by atoms with E-state index < -0.39 is 17.5 Å². The van der Waals surface area contributed by atoms with Crippen molar-refractivity contribution in [1.29, 1.82) is 0 Å². The number of halogens is 2. The first-order chi connectivity index (χ1) is 13.4. The van der Waals surface area contributed by atoms with Crippen LogP contribution < -0.4 is 5.32 Å². The van der Waals surface area contributed by atoms with Gasteiger partial charge >= 0.3 is 0 Å². The van der Waals surface area contributed by atoms with E-state index in [1.54, 1.807) is 18.2 Å². The van der Waals surface area contributed by atoms with Crippen molar-refractivity contribution in [2.75, 3.05) is 27.2 Å². The van der Waals surface area contributed by atoms with Gasteiger partial charge in [0.25, 0.3) is 5.91 Å². The van der Waals surface area contributed by atoms with Crippen molar-refractivity contribution in [2.24, 2.45) is 0 Å². The van der Waals surface area contributed by atoms with Gasteiger partial charge in [-0.1, -0.05) is 6.07 Å². The molecule has 0 bridgehead atoms. The third-order valence-corrected chi connectivity index (χ3v) is 4.36. The van der Waals surface area contributed by atoms with Crippen LogP contribution in [0.1, 0.15) is 16.8 Å². The molecule has 1 aromatic heterocycles. The van der Waals surface area contributed by atoms with Gasteiger partial charge in [-0.3, -0.25) is 9.78 Å². The van der Waals surface area contributed by atoms with Gasteiger partial charge in [-0.05, 0) is 63.0 Å². The summed E-state index contributed by atoms with van der Waals surface area (Å²) in [5.41, 5.74) is 0.286. The number of hydrogen-bond acceptors (Lipinski definition) is 4. The Bertz CT molecular complexity index is 1020. The molecule has 1 amide bonds. The second kappa shape index (κ2) is 8.31. The van der Waals surface area contributed by atoms with Crippen LogP contribution >= 0.6 is 0 Å². The number of carbonyl (C=O) groups is 1. The number of nitrogens with one attached hydrogen (secondary N) is 1. The maximum atomic E-state index is 14.7. The van der Waals surface area contributed by atoms with E-state index in [4.69, 9.17) is 0 Å². The van der Waals surface area contributed by atoms with E-state index in [0.717, 1.165) is 18.7 Å². The van der Waals surface area contributed by atoms with Crippen LogP contribution in [0.5, 0.6) is 5.75 Å². The molecule has 2 aromatic carbocycles. The molecule has 5 nitrogen and oxygen atoms in total. The lowest BCUT2D eigenvalue weighted by Crippen LogP contribution is -2.28. The standard InChI is InChI=1S/C21H21F2N3O2/c1-26(2)8-4-7-25-21(28)16-12-17(22)15(11-18(16)23)14-9-13-5-3-6-24-20(13)19(27)10-14/h3,5-6,9-12,27H,4,7-8H2,1-2H3,(H,25,28). The Hall–Kier alpha value is -3.06. The predicted octanol–water partition coefficient (Wildman–Crippen LogP) is 3.57. The highest BCUT2D eigenvalue weighted by Gasteiger charge is 2.18. The zero-order valence-corrected chi connectivity index (χ0v) is 15.7. The van der Waals surface area contributed by atoms with Gasteiger partial charge in [0.2, 0.25) is 0 Å². The minimum atomic E-state index is -0.827. The normalized spacial score (nSPS) is 11.2. The largest absolute Gasteiger partial charge is 0.506 e. The van der Waals surface area contributed by atoms with Crippen molar-refractivity contribution in [2.45, 2.75) is 6.42 Å². The molecule has 3 rings (SSSR count). The van der Waals surface area contributed by atoms with Crippen LogP contribution in [0.2, 0.25) is 0 Å². The second-order valence-corrected chi connectivity index (χ2v) is 6.80. The summed E-state index contributed by atoms with van der Waals surface area (Å²) in [6.45, 7) is 1.14. The van der Waals surface area contributed by atoms with Crippen LogP contribution in [0.25, 0.3) is 22.0 Å². The van der Waals surface area contributed by atoms with Crippen molar-refractivity contribution < 1.29 is 18.7 Å². The summed E-state index contributed by atoms with van der Waals surface area (Å²) >= 11 is 0. The molecule has 0 unspecified atom stereocenters. The molecular weight excluding hydrogens is 364 g/mol. The lowest BCUT2D eigenvalue weighted by molar-refractivity contribution is 0.0948. The molecule has 0 saturated heterocycles. The predicted molar refractivity (Wildman–Crippen MR) is 104 cm³/mol. The van der Waals surface area contributed by atoms with E-state index in [1.165, 1.54) is 12.3 Å². The smallest absolute Gasteiger partial charge is 0.254 e. The first-order valence-corrected chi connectivity index (χ1v) is 8.87. The Morgan fingerprint density at radius 3 is 2.71 bits per heavy atom. The number of hydrogen-bond donors (Lipinski definition) is 2. The van der Waals surface area contributed by atoms with Crippen molar-refractivity contribution in [3.05, 3.63) is 59.8 Å². The molecule has 1 heterocycles. The molecule has 2 N–H and O–H groups in total. The monoisotopic (exact) mass is 385 g/mol. The zero-order chi connectivity index (χ0) is 20.3. The molecule has 0 fully saturated rings. The van der Waals surface area contributed by atoms with Gasteiger partial charge in [-0.2, -0.15) is 0 Å². The Kier molecular flexibility index (Phi) is 5.84. The molecular formula is C21H21F2N3O2. The summed E-state index contributed by atoms with van der Waals surface area (Å²) in [5.74, 6) is -2.36. The summed E-state index contributed by atoms with van der Waals surface area (Å²) in [5, 5.41) is 13.3. The van der Waals surface area contributed by atoms with Crippen LogP contribution in [-0.4, -0.2) is 48.1 Å². The average molecular weight is 385 g/mol. The van der Waals surface area contributed by atoms with Crippen molar-refractivity contribution in [3.63, 3.8) is 0 Å². The van der Waals surface area contributed by atoms with Crippen LogP contribution in [0.3, 0.4) is 0 Å². The molecule has 146 valence electrons. The molecule has 7 heteroatoms. The summed E-state index contributed by atoms with van der Waals surface area (Å²) in [6, 6.07) is 8.20. The van der Waals surface area contributed by atoms with Gasteiger partial charge in [-0.15, -0.1) is 0 Å². The number of aromatic nitrogens is 1. The summed E-state index contributed by atoms with van der Waals surface area (Å²) in [6.07, 6.45) is 2.24. The van der Waals surface area contributed by atoms with Crippen LogP contribution in [0, 0.1) is 11.6 Å². The minimum absolute atomic E-state index is 0.0392. The summed E-state index contributed by atoms with van der Waals surface area (Å²) < 4.78 is 29.2. The summed E-state index contributed by atoms with van der Waals surface area (Å²) in [7, 11) is 3.83. The third kappa shape index (κ3) is 4.26. The number of phenols is 1. The number of carbonyl (C=O) groups excluding carboxylic acids is 1. The zero-order valence-electron chi connectivity index (χ0n) is 15.7. The molecule has 28 heavy (non-hydrogen) atoms. The van der Waals surface area contributed by atoms with E-state index in [0.29, 0.717) is 29.4 Å². The number of benzene rings is 2. The topological polar surface area (TPSA) is 65.5 Å². The number of phenolic OH excluding ortho intramolecular Hbond substituents is 1. The fourth-order valence-corrected chi connectivity index (χ4v) is 2.96. The van der Waals surface area contributed by atoms with E-state index in [9.17, 15) is 18.7 Å². The molecule has 0 saturated carbocycles. The lowest BCUT2D eigenvalue weighted by atomic mass is 10.00. The van der Waals surface area contributed by atoms with Gasteiger partial charge in [0.15, 0.2) is 0 Å². The molecule has 0 radical (unpaired) electrons. The maximum Gasteiger partial charge on any atom is 0.254 e. The van der Waals surface area contributed by atoms with Crippen molar-refractivity contribution >= 4 is 16.8 Å². The van der Waals surface area contributed by atoms with Gasteiger partial charge in [-0.25, -0.2) is 8.78 Å². The van der Waals surface area contributed by atoms with Gasteiger partial charge in [0.05, 0.1) is 5.56 Å². The Morgan fingerprint density at radius 2 is 1.96 bits per heavy atom. The van der Waals surface area contributed by atoms with Gasteiger partial charge < -0.3 is 15.3 Å². The number of pyridine rings is 1. The summed E-state index contributed by atoms with van der Waals surface area (Å²) in [4.78, 5) is 18.2. The lowest BCUT2D eigenvalue weighted by Gasteiger charge is -2.12. The number of aromatic hydroxyl groups is 1. The quantitative estimate of drug-likeness (QED) is 0.637. The van der Waals surface area contributed by atoms with E-state index in [-0.39, 0.29) is 16.9 Å². The number of rotatable bonds is 6. The van der Waals surface area contributed by atoms with Crippen LogP contribution in [-0.2, 0) is 0 Å². The molecule has 0 aliphatic heterocycles. The highest BCUT2D eigenvalue weighted by molar-refractivity contribution is 5.95. The third-order valence-electron chi connectivity index (χ3n) is 4.36. The molecule has 0 spiro atoms. The highest BCUT2D eigenvalue weighted by Crippen LogP contribution is 2.32. The van der Waals surface area contributed by atoms with Gasteiger partial charge in [0.1, 0.15) is 22.9 Å².